The molecule has 13 heavy (non-hydrogen) atoms. The molecule has 1 unspecified atom stereocenters. The van der Waals surface area contributed by atoms with E-state index >= 15 is 0 Å². The molecule has 0 aromatic rings. The van der Waals surface area contributed by atoms with Crippen LogP contribution in [0, 0.1) is 0 Å². The zero-order chi connectivity index (χ0) is 9.68. The van der Waals surface area contributed by atoms with Crippen molar-refractivity contribution in [3.63, 3.8) is 0 Å². The van der Waals surface area contributed by atoms with Crippen molar-refractivity contribution in [3.8, 4) is 0 Å². The van der Waals surface area contributed by atoms with Crippen molar-refractivity contribution >= 4 is 5.91 Å². The SMILES string of the molecule is CC(=O)N1CCCC(OCCN)C1. The molecule has 1 atom stereocenters. The summed E-state index contributed by atoms with van der Waals surface area (Å²) >= 11 is 0. The van der Waals surface area contributed by atoms with Gasteiger partial charge in [0.1, 0.15) is 0 Å². The molecule has 0 aromatic carbocycles. The van der Waals surface area contributed by atoms with Crippen LogP contribution in [0.25, 0.3) is 0 Å². The van der Waals surface area contributed by atoms with Gasteiger partial charge < -0.3 is 15.4 Å². The summed E-state index contributed by atoms with van der Waals surface area (Å²) in [6.45, 7) is 4.35. The second-order valence-corrected chi connectivity index (χ2v) is 3.39. The Morgan fingerprint density at radius 3 is 3.08 bits per heavy atom. The first-order chi connectivity index (χ1) is 6.24. The van der Waals surface area contributed by atoms with Gasteiger partial charge >= 0.3 is 0 Å². The molecule has 1 saturated heterocycles. The fourth-order valence-electron chi connectivity index (χ4n) is 1.59. The Balaban J connectivity index is 2.29. The van der Waals surface area contributed by atoms with Crippen LogP contribution in [0.1, 0.15) is 19.8 Å². The van der Waals surface area contributed by atoms with Crippen LogP contribution in [0.4, 0.5) is 0 Å². The molecule has 2 N–H and O–H groups in total. The van der Waals surface area contributed by atoms with E-state index < -0.39 is 0 Å². The predicted octanol–water partition coefficient (Wildman–Crippen LogP) is -0.0274. The predicted molar refractivity (Wildman–Crippen MR) is 50.3 cm³/mol. The standard InChI is InChI=1S/C9H18N2O2/c1-8(12)11-5-2-3-9(7-11)13-6-4-10/h9H,2-7,10H2,1H3. The number of carbonyl (C=O) groups is 1. The third kappa shape index (κ3) is 3.32. The fourth-order valence-corrected chi connectivity index (χ4v) is 1.59. The van der Waals surface area contributed by atoms with E-state index in [-0.39, 0.29) is 12.0 Å². The van der Waals surface area contributed by atoms with E-state index in [1.165, 1.54) is 0 Å². The summed E-state index contributed by atoms with van der Waals surface area (Å²) in [6.07, 6.45) is 2.28. The minimum absolute atomic E-state index is 0.140. The monoisotopic (exact) mass is 186 g/mol. The molecule has 1 rings (SSSR count). The first-order valence-corrected chi connectivity index (χ1v) is 4.81. The molecule has 0 aliphatic carbocycles. The molecule has 1 aliphatic heterocycles. The fraction of sp³-hybridized carbons (Fsp3) is 0.889. The summed E-state index contributed by atoms with van der Waals surface area (Å²) in [5.74, 6) is 0.140. The molecule has 0 bridgehead atoms. The highest BCUT2D eigenvalue weighted by Gasteiger charge is 2.21. The largest absolute Gasteiger partial charge is 0.375 e. The average Bonchev–Trinajstić information content (AvgIpc) is 2.15. The Labute approximate surface area is 79.0 Å². The third-order valence-corrected chi connectivity index (χ3v) is 2.29. The molecule has 0 aromatic heterocycles. The Kier molecular flexibility index (Phi) is 4.18. The number of nitrogens with two attached hydrogens (primary N) is 1. The summed E-state index contributed by atoms with van der Waals surface area (Å²) in [5.41, 5.74) is 5.33. The minimum Gasteiger partial charge on any atom is -0.375 e. The third-order valence-electron chi connectivity index (χ3n) is 2.29. The molecule has 1 heterocycles. The maximum Gasteiger partial charge on any atom is 0.219 e. The first kappa shape index (κ1) is 10.5. The first-order valence-electron chi connectivity index (χ1n) is 4.81. The highest BCUT2D eigenvalue weighted by Crippen LogP contribution is 2.12. The zero-order valence-corrected chi connectivity index (χ0v) is 8.16. The lowest BCUT2D eigenvalue weighted by Crippen LogP contribution is -2.42. The number of rotatable bonds is 3. The molecule has 4 nitrogen and oxygen atoms in total. The van der Waals surface area contributed by atoms with Crippen molar-refractivity contribution in [2.45, 2.75) is 25.9 Å². The van der Waals surface area contributed by atoms with Gasteiger partial charge in [-0.05, 0) is 12.8 Å². The van der Waals surface area contributed by atoms with Crippen molar-refractivity contribution in [1.29, 1.82) is 0 Å². The molecule has 76 valence electrons. The smallest absolute Gasteiger partial charge is 0.219 e. The number of nitrogens with zero attached hydrogens (tertiary/aromatic N) is 1. The van der Waals surface area contributed by atoms with Crippen LogP contribution < -0.4 is 5.73 Å². The lowest BCUT2D eigenvalue weighted by atomic mass is 10.1. The highest BCUT2D eigenvalue weighted by atomic mass is 16.5. The molecule has 0 spiro atoms. The van der Waals surface area contributed by atoms with Crippen LogP contribution in [-0.4, -0.2) is 43.2 Å². The van der Waals surface area contributed by atoms with Crippen LogP contribution in [0.3, 0.4) is 0 Å². The number of hydrogen-bond donors (Lipinski definition) is 1. The van der Waals surface area contributed by atoms with E-state index in [9.17, 15) is 4.79 Å². The van der Waals surface area contributed by atoms with Gasteiger partial charge in [0.15, 0.2) is 0 Å². The Bertz CT molecular complexity index is 173. The summed E-state index contributed by atoms with van der Waals surface area (Å²) in [4.78, 5) is 12.9. The summed E-state index contributed by atoms with van der Waals surface area (Å²) in [7, 11) is 0. The topological polar surface area (TPSA) is 55.6 Å². The maximum atomic E-state index is 11.1. The van der Waals surface area contributed by atoms with Crippen LogP contribution in [0.5, 0.6) is 0 Å². The molecule has 4 heteroatoms. The van der Waals surface area contributed by atoms with E-state index in [1.807, 2.05) is 4.90 Å². The van der Waals surface area contributed by atoms with E-state index in [0.717, 1.165) is 25.9 Å². The van der Waals surface area contributed by atoms with Gasteiger partial charge in [-0.1, -0.05) is 0 Å². The molecule has 0 radical (unpaired) electrons. The molecule has 1 amide bonds. The van der Waals surface area contributed by atoms with Gasteiger partial charge in [0.2, 0.25) is 5.91 Å². The molecule has 0 saturated carbocycles. The summed E-state index contributed by atoms with van der Waals surface area (Å²) in [6, 6.07) is 0. The molecule has 1 aliphatic rings. The number of amides is 1. The summed E-state index contributed by atoms with van der Waals surface area (Å²) < 4.78 is 5.49. The van der Waals surface area contributed by atoms with Gasteiger partial charge in [-0.15, -0.1) is 0 Å². The second-order valence-electron chi connectivity index (χ2n) is 3.39. The van der Waals surface area contributed by atoms with E-state index in [4.69, 9.17) is 10.5 Å². The van der Waals surface area contributed by atoms with Gasteiger partial charge in [-0.3, -0.25) is 4.79 Å². The van der Waals surface area contributed by atoms with Crippen molar-refractivity contribution in [1.82, 2.24) is 4.90 Å². The average molecular weight is 186 g/mol. The van der Waals surface area contributed by atoms with Gasteiger partial charge in [0.05, 0.1) is 12.7 Å². The lowest BCUT2D eigenvalue weighted by molar-refractivity contribution is -0.132. The number of carbonyl (C=O) groups excluding carboxylic acids is 1. The van der Waals surface area contributed by atoms with Crippen molar-refractivity contribution in [3.05, 3.63) is 0 Å². The Morgan fingerprint density at radius 1 is 1.69 bits per heavy atom. The molecule has 1 fully saturated rings. The number of ether oxygens (including phenoxy) is 1. The Hall–Kier alpha value is -0.610. The Morgan fingerprint density at radius 2 is 2.46 bits per heavy atom. The van der Waals surface area contributed by atoms with Crippen LogP contribution in [0.2, 0.25) is 0 Å². The van der Waals surface area contributed by atoms with E-state index in [2.05, 4.69) is 0 Å². The maximum absolute atomic E-state index is 11.1. The van der Waals surface area contributed by atoms with Gasteiger partial charge in [0, 0.05) is 26.6 Å². The van der Waals surface area contributed by atoms with Crippen molar-refractivity contribution in [2.24, 2.45) is 5.73 Å². The minimum atomic E-state index is 0.140. The van der Waals surface area contributed by atoms with Gasteiger partial charge in [-0.25, -0.2) is 0 Å². The number of piperidine rings is 1. The van der Waals surface area contributed by atoms with Crippen LogP contribution in [0.15, 0.2) is 0 Å². The quantitative estimate of drug-likeness (QED) is 0.673. The van der Waals surface area contributed by atoms with Crippen LogP contribution >= 0.6 is 0 Å². The normalized spacial score (nSPS) is 23.2. The number of hydrogen-bond acceptors (Lipinski definition) is 3. The van der Waals surface area contributed by atoms with Crippen LogP contribution in [-0.2, 0) is 9.53 Å². The van der Waals surface area contributed by atoms with Crippen molar-refractivity contribution < 1.29 is 9.53 Å². The highest BCUT2D eigenvalue weighted by molar-refractivity contribution is 5.73. The zero-order valence-electron chi connectivity index (χ0n) is 8.16. The molecular formula is C9H18N2O2. The number of likely N-dealkylation sites (tertiary alicyclic amines) is 1. The van der Waals surface area contributed by atoms with Gasteiger partial charge in [-0.2, -0.15) is 0 Å². The van der Waals surface area contributed by atoms with Crippen molar-refractivity contribution in [2.75, 3.05) is 26.2 Å². The van der Waals surface area contributed by atoms with E-state index in [0.29, 0.717) is 13.2 Å². The van der Waals surface area contributed by atoms with Gasteiger partial charge in [0.25, 0.3) is 0 Å². The lowest BCUT2D eigenvalue weighted by Gasteiger charge is -2.31. The van der Waals surface area contributed by atoms with E-state index in [1.54, 1.807) is 6.92 Å². The second kappa shape index (κ2) is 5.19. The summed E-state index contributed by atoms with van der Waals surface area (Å²) in [5, 5.41) is 0. The molecular weight excluding hydrogens is 168 g/mol.